The largest absolute Gasteiger partial charge is 0.378 e. The van der Waals surface area contributed by atoms with E-state index < -0.39 is 11.6 Å². The zero-order valence-electron chi connectivity index (χ0n) is 13.8. The lowest BCUT2D eigenvalue weighted by atomic mass is 10.1. The molecule has 2 heterocycles. The molecule has 1 atom stereocenters. The lowest BCUT2D eigenvalue weighted by Crippen LogP contribution is -2.35. The number of amides is 1. The first kappa shape index (κ1) is 17.5. The average Bonchev–Trinajstić information content (AvgIpc) is 2.62. The summed E-state index contributed by atoms with van der Waals surface area (Å²) < 4.78 is 33.1. The van der Waals surface area contributed by atoms with Crippen LogP contribution in [0.15, 0.2) is 42.6 Å². The molecule has 1 aromatic heterocycles. The summed E-state index contributed by atoms with van der Waals surface area (Å²) in [4.78, 5) is 18.3. The number of carbonyl (C=O) groups excluding carboxylic acids is 1. The number of anilines is 1. The number of rotatable bonds is 5. The number of carbonyl (C=O) groups is 1. The number of ether oxygens (including phenoxy) is 1. The van der Waals surface area contributed by atoms with Crippen LogP contribution < -0.4 is 4.90 Å². The number of benzene rings is 1. The van der Waals surface area contributed by atoms with Crippen LogP contribution in [-0.2, 0) is 16.1 Å². The minimum Gasteiger partial charge on any atom is -0.378 e. The van der Waals surface area contributed by atoms with Crippen LogP contribution in [0.1, 0.15) is 31.4 Å². The van der Waals surface area contributed by atoms with E-state index in [4.69, 9.17) is 4.74 Å². The van der Waals surface area contributed by atoms with Crippen molar-refractivity contribution in [3.05, 3.63) is 59.9 Å². The van der Waals surface area contributed by atoms with Crippen molar-refractivity contribution in [2.24, 2.45) is 0 Å². The molecule has 0 saturated carbocycles. The van der Waals surface area contributed by atoms with Crippen LogP contribution in [-0.4, -0.2) is 23.6 Å². The Morgan fingerprint density at radius 1 is 1.24 bits per heavy atom. The highest BCUT2D eigenvalue weighted by atomic mass is 19.1. The third-order valence-corrected chi connectivity index (χ3v) is 4.22. The van der Waals surface area contributed by atoms with Gasteiger partial charge >= 0.3 is 0 Å². The van der Waals surface area contributed by atoms with Crippen molar-refractivity contribution < 1.29 is 18.3 Å². The lowest BCUT2D eigenvalue weighted by Gasteiger charge is -2.27. The van der Waals surface area contributed by atoms with E-state index >= 15 is 0 Å². The smallest absolute Gasteiger partial charge is 0.230 e. The maximum Gasteiger partial charge on any atom is 0.230 e. The summed E-state index contributed by atoms with van der Waals surface area (Å²) in [5.41, 5.74) is 0.678. The zero-order valence-corrected chi connectivity index (χ0v) is 13.8. The van der Waals surface area contributed by atoms with Gasteiger partial charge in [-0.05, 0) is 43.5 Å². The van der Waals surface area contributed by atoms with Crippen molar-refractivity contribution in [2.45, 2.75) is 38.3 Å². The fourth-order valence-corrected chi connectivity index (χ4v) is 2.93. The SMILES string of the molecule is O=C(C[C@H]1CCCCO1)N(Cc1ccccn1)c1ccc(F)cc1F. The van der Waals surface area contributed by atoms with Gasteiger partial charge in [0.25, 0.3) is 0 Å². The Kier molecular flexibility index (Phi) is 5.71. The second-order valence-electron chi connectivity index (χ2n) is 6.09. The van der Waals surface area contributed by atoms with Gasteiger partial charge in [0.05, 0.1) is 30.5 Å². The first-order valence-corrected chi connectivity index (χ1v) is 8.40. The number of hydrogen-bond acceptors (Lipinski definition) is 3. The van der Waals surface area contributed by atoms with E-state index in [9.17, 15) is 13.6 Å². The Bertz CT molecular complexity index is 719. The van der Waals surface area contributed by atoms with Gasteiger partial charge in [-0.2, -0.15) is 0 Å². The van der Waals surface area contributed by atoms with Crippen LogP contribution >= 0.6 is 0 Å². The van der Waals surface area contributed by atoms with E-state index in [0.29, 0.717) is 12.3 Å². The molecule has 0 N–H and O–H groups in total. The topological polar surface area (TPSA) is 42.4 Å². The molecule has 2 aromatic rings. The number of pyridine rings is 1. The van der Waals surface area contributed by atoms with Crippen molar-refractivity contribution >= 4 is 11.6 Å². The summed E-state index contributed by atoms with van der Waals surface area (Å²) in [6, 6.07) is 8.55. The highest BCUT2D eigenvalue weighted by molar-refractivity contribution is 5.93. The Labute approximate surface area is 145 Å². The van der Waals surface area contributed by atoms with Crippen molar-refractivity contribution in [1.82, 2.24) is 4.98 Å². The second-order valence-corrected chi connectivity index (χ2v) is 6.09. The van der Waals surface area contributed by atoms with Gasteiger partial charge in [0.1, 0.15) is 11.6 Å². The van der Waals surface area contributed by atoms with Gasteiger partial charge in [-0.3, -0.25) is 9.78 Å². The van der Waals surface area contributed by atoms with E-state index in [1.54, 1.807) is 24.4 Å². The minimum atomic E-state index is -0.770. The summed E-state index contributed by atoms with van der Waals surface area (Å²) in [5, 5.41) is 0. The van der Waals surface area contributed by atoms with Gasteiger partial charge in [0, 0.05) is 18.9 Å². The van der Waals surface area contributed by atoms with Gasteiger partial charge in [-0.15, -0.1) is 0 Å². The van der Waals surface area contributed by atoms with Crippen molar-refractivity contribution in [3.8, 4) is 0 Å². The molecular weight excluding hydrogens is 326 g/mol. The minimum absolute atomic E-state index is 0.0489. The van der Waals surface area contributed by atoms with Gasteiger partial charge in [-0.1, -0.05) is 6.07 Å². The standard InChI is InChI=1S/C19H20F2N2O2/c20-14-7-8-18(17(21)11-14)23(13-15-5-1-3-9-22-15)19(24)12-16-6-2-4-10-25-16/h1,3,5,7-9,11,16H,2,4,6,10,12-13H2/t16-/m1/s1. The highest BCUT2D eigenvalue weighted by Gasteiger charge is 2.25. The molecule has 0 radical (unpaired) electrons. The molecule has 1 aliphatic rings. The van der Waals surface area contributed by atoms with E-state index in [1.165, 1.54) is 11.0 Å². The first-order chi connectivity index (χ1) is 12.1. The Morgan fingerprint density at radius 2 is 2.12 bits per heavy atom. The Hall–Kier alpha value is -2.34. The molecule has 1 amide bonds. The number of nitrogens with zero attached hydrogens (tertiary/aromatic N) is 2. The van der Waals surface area contributed by atoms with Crippen LogP contribution in [0.2, 0.25) is 0 Å². The van der Waals surface area contributed by atoms with Crippen LogP contribution in [0.3, 0.4) is 0 Å². The molecule has 6 heteroatoms. The van der Waals surface area contributed by atoms with E-state index in [-0.39, 0.29) is 30.7 Å². The van der Waals surface area contributed by atoms with E-state index in [0.717, 1.165) is 31.4 Å². The lowest BCUT2D eigenvalue weighted by molar-refractivity contribution is -0.122. The molecule has 25 heavy (non-hydrogen) atoms. The zero-order chi connectivity index (χ0) is 17.6. The molecule has 1 saturated heterocycles. The first-order valence-electron chi connectivity index (χ1n) is 8.40. The van der Waals surface area contributed by atoms with Crippen LogP contribution in [0.25, 0.3) is 0 Å². The van der Waals surface area contributed by atoms with Crippen molar-refractivity contribution in [2.75, 3.05) is 11.5 Å². The van der Waals surface area contributed by atoms with E-state index in [2.05, 4.69) is 4.98 Å². The Morgan fingerprint density at radius 3 is 2.80 bits per heavy atom. The predicted molar refractivity (Wildman–Crippen MR) is 90.0 cm³/mol. The Balaban J connectivity index is 1.83. The molecule has 0 unspecified atom stereocenters. The third-order valence-electron chi connectivity index (χ3n) is 4.22. The molecule has 3 rings (SSSR count). The van der Waals surface area contributed by atoms with Gasteiger partial charge in [-0.25, -0.2) is 8.78 Å². The molecule has 1 fully saturated rings. The number of aromatic nitrogens is 1. The fraction of sp³-hybridized carbons (Fsp3) is 0.368. The molecule has 1 aromatic carbocycles. The summed E-state index contributed by atoms with van der Waals surface area (Å²) in [7, 11) is 0. The predicted octanol–water partition coefficient (Wildman–Crippen LogP) is 3.85. The summed E-state index contributed by atoms with van der Waals surface area (Å²) in [5.74, 6) is -1.71. The summed E-state index contributed by atoms with van der Waals surface area (Å²) in [6.07, 6.45) is 4.45. The molecule has 0 aliphatic carbocycles. The average molecular weight is 346 g/mol. The molecule has 1 aliphatic heterocycles. The third kappa shape index (κ3) is 4.60. The maximum atomic E-state index is 14.3. The quantitative estimate of drug-likeness (QED) is 0.826. The van der Waals surface area contributed by atoms with E-state index in [1.807, 2.05) is 0 Å². The normalized spacial score (nSPS) is 17.3. The maximum absolute atomic E-state index is 14.3. The highest BCUT2D eigenvalue weighted by Crippen LogP contribution is 2.25. The van der Waals surface area contributed by atoms with Crippen molar-refractivity contribution in [1.29, 1.82) is 0 Å². The number of halogens is 2. The molecule has 4 nitrogen and oxygen atoms in total. The second kappa shape index (κ2) is 8.16. The molecule has 0 bridgehead atoms. The monoisotopic (exact) mass is 346 g/mol. The molecular formula is C19H20F2N2O2. The van der Waals surface area contributed by atoms with Gasteiger partial charge in [0.15, 0.2) is 0 Å². The van der Waals surface area contributed by atoms with Crippen LogP contribution in [0.5, 0.6) is 0 Å². The fourth-order valence-electron chi connectivity index (χ4n) is 2.93. The van der Waals surface area contributed by atoms with Crippen LogP contribution in [0.4, 0.5) is 14.5 Å². The molecule has 0 spiro atoms. The summed E-state index contributed by atoms with van der Waals surface area (Å²) >= 11 is 0. The van der Waals surface area contributed by atoms with Crippen LogP contribution in [0, 0.1) is 11.6 Å². The number of hydrogen-bond donors (Lipinski definition) is 0. The summed E-state index contributed by atoms with van der Waals surface area (Å²) in [6.45, 7) is 0.762. The van der Waals surface area contributed by atoms with Crippen molar-refractivity contribution in [3.63, 3.8) is 0 Å². The van der Waals surface area contributed by atoms with Gasteiger partial charge in [0.2, 0.25) is 5.91 Å². The van der Waals surface area contributed by atoms with Gasteiger partial charge < -0.3 is 9.64 Å². The molecule has 132 valence electrons.